The average molecular weight is 196 g/mol. The van der Waals surface area contributed by atoms with E-state index in [0.29, 0.717) is 12.5 Å². The molecular formula is C11H20N2O. The van der Waals surface area contributed by atoms with Gasteiger partial charge in [0.25, 0.3) is 0 Å². The zero-order valence-electron chi connectivity index (χ0n) is 8.72. The second-order valence-electron chi connectivity index (χ2n) is 4.59. The molecule has 3 nitrogen and oxygen atoms in total. The first-order valence-electron chi connectivity index (χ1n) is 5.84. The van der Waals surface area contributed by atoms with Crippen molar-refractivity contribution in [3.63, 3.8) is 0 Å². The fraction of sp³-hybridized carbons (Fsp3) is 0.909. The quantitative estimate of drug-likeness (QED) is 0.597. The van der Waals surface area contributed by atoms with Crippen molar-refractivity contribution in [1.29, 1.82) is 0 Å². The number of nitrogens with one attached hydrogen (secondary N) is 2. The van der Waals surface area contributed by atoms with Crippen LogP contribution in [0.3, 0.4) is 0 Å². The van der Waals surface area contributed by atoms with Gasteiger partial charge in [0.05, 0.1) is 0 Å². The van der Waals surface area contributed by atoms with Crippen LogP contribution in [0.5, 0.6) is 0 Å². The number of hydrogen-bond acceptors (Lipinski definition) is 2. The van der Waals surface area contributed by atoms with Gasteiger partial charge in [-0.3, -0.25) is 4.79 Å². The topological polar surface area (TPSA) is 41.1 Å². The molecule has 0 aromatic carbocycles. The monoisotopic (exact) mass is 196 g/mol. The van der Waals surface area contributed by atoms with Crippen LogP contribution in [0.15, 0.2) is 0 Å². The molecule has 0 aromatic rings. The van der Waals surface area contributed by atoms with Crippen LogP contribution < -0.4 is 10.6 Å². The van der Waals surface area contributed by atoms with E-state index in [4.69, 9.17) is 0 Å². The first-order chi connectivity index (χ1) is 6.84. The van der Waals surface area contributed by atoms with Gasteiger partial charge in [-0.25, -0.2) is 0 Å². The van der Waals surface area contributed by atoms with E-state index >= 15 is 0 Å². The molecular weight excluding hydrogens is 176 g/mol. The Labute approximate surface area is 85.6 Å². The predicted octanol–water partition coefficient (Wildman–Crippen LogP) is 1.04. The molecule has 0 atom stereocenters. The fourth-order valence-electron chi connectivity index (χ4n) is 1.53. The van der Waals surface area contributed by atoms with E-state index in [-0.39, 0.29) is 5.91 Å². The van der Waals surface area contributed by atoms with Crippen molar-refractivity contribution in [1.82, 2.24) is 10.6 Å². The molecule has 0 spiro atoms. The second kappa shape index (κ2) is 4.78. The highest BCUT2D eigenvalue weighted by atomic mass is 16.1. The van der Waals surface area contributed by atoms with Gasteiger partial charge < -0.3 is 10.6 Å². The van der Waals surface area contributed by atoms with Gasteiger partial charge in [0.15, 0.2) is 0 Å². The molecule has 80 valence electrons. The van der Waals surface area contributed by atoms with E-state index in [2.05, 4.69) is 10.6 Å². The Hall–Kier alpha value is -0.570. The van der Waals surface area contributed by atoms with E-state index in [1.807, 2.05) is 0 Å². The lowest BCUT2D eigenvalue weighted by Crippen LogP contribution is -2.26. The number of carbonyl (C=O) groups is 1. The first kappa shape index (κ1) is 9.97. The molecule has 2 N–H and O–H groups in total. The lowest BCUT2D eigenvalue weighted by molar-refractivity contribution is -0.121. The Morgan fingerprint density at radius 1 is 1.21 bits per heavy atom. The maximum Gasteiger partial charge on any atom is 0.220 e. The van der Waals surface area contributed by atoms with Gasteiger partial charge in [-0.05, 0) is 51.1 Å². The van der Waals surface area contributed by atoms with Crippen LogP contribution in [0.25, 0.3) is 0 Å². The van der Waals surface area contributed by atoms with Gasteiger partial charge in [0.1, 0.15) is 0 Å². The van der Waals surface area contributed by atoms with Crippen LogP contribution in [0.2, 0.25) is 0 Å². The molecule has 14 heavy (non-hydrogen) atoms. The summed E-state index contributed by atoms with van der Waals surface area (Å²) in [7, 11) is 0. The van der Waals surface area contributed by atoms with Crippen molar-refractivity contribution < 1.29 is 4.79 Å². The normalized spacial score (nSPS) is 20.9. The molecule has 2 aliphatic carbocycles. The van der Waals surface area contributed by atoms with Crippen molar-refractivity contribution >= 4 is 5.91 Å². The summed E-state index contributed by atoms with van der Waals surface area (Å²) in [5.74, 6) is 1.18. The van der Waals surface area contributed by atoms with Crippen molar-refractivity contribution in [2.45, 2.75) is 44.6 Å². The van der Waals surface area contributed by atoms with Crippen LogP contribution in [0, 0.1) is 5.92 Å². The molecule has 3 heteroatoms. The maximum atomic E-state index is 11.3. The van der Waals surface area contributed by atoms with Gasteiger partial charge in [0.2, 0.25) is 5.91 Å². The summed E-state index contributed by atoms with van der Waals surface area (Å²) < 4.78 is 0. The lowest BCUT2D eigenvalue weighted by atomic mass is 10.3. The predicted molar refractivity (Wildman–Crippen MR) is 56.0 cm³/mol. The fourth-order valence-corrected chi connectivity index (χ4v) is 1.53. The summed E-state index contributed by atoms with van der Waals surface area (Å²) >= 11 is 0. The number of carbonyl (C=O) groups excluding carboxylic acids is 1. The maximum absolute atomic E-state index is 11.3. The minimum Gasteiger partial charge on any atom is -0.353 e. The number of hydrogen-bond donors (Lipinski definition) is 2. The summed E-state index contributed by atoms with van der Waals surface area (Å²) in [6.07, 6.45) is 6.83. The summed E-state index contributed by atoms with van der Waals surface area (Å²) in [4.78, 5) is 11.3. The van der Waals surface area contributed by atoms with Gasteiger partial charge >= 0.3 is 0 Å². The first-order valence-corrected chi connectivity index (χ1v) is 5.84. The van der Waals surface area contributed by atoms with Crippen molar-refractivity contribution in [2.75, 3.05) is 13.1 Å². The molecule has 0 saturated heterocycles. The van der Waals surface area contributed by atoms with Gasteiger partial charge in [-0.1, -0.05) is 0 Å². The Bertz CT molecular complexity index is 197. The van der Waals surface area contributed by atoms with Crippen molar-refractivity contribution in [2.24, 2.45) is 5.92 Å². The highest BCUT2D eigenvalue weighted by molar-refractivity contribution is 5.76. The standard InChI is InChI=1S/C11H20N2O/c14-11(13-10-5-6-10)2-1-7-12-8-9-3-4-9/h9-10,12H,1-8H2,(H,13,14). The summed E-state index contributed by atoms with van der Waals surface area (Å²) in [5, 5.41) is 6.39. The Balaban J connectivity index is 1.39. The largest absolute Gasteiger partial charge is 0.353 e. The van der Waals surface area contributed by atoms with Crippen LogP contribution >= 0.6 is 0 Å². The van der Waals surface area contributed by atoms with E-state index in [1.165, 1.54) is 25.7 Å². The molecule has 2 saturated carbocycles. The zero-order chi connectivity index (χ0) is 9.80. The van der Waals surface area contributed by atoms with Gasteiger partial charge in [0, 0.05) is 12.5 Å². The molecule has 0 heterocycles. The zero-order valence-corrected chi connectivity index (χ0v) is 8.72. The average Bonchev–Trinajstić information content (AvgIpc) is 2.97. The highest BCUT2D eigenvalue weighted by Crippen LogP contribution is 2.27. The third-order valence-electron chi connectivity index (χ3n) is 2.83. The third-order valence-corrected chi connectivity index (χ3v) is 2.83. The summed E-state index contributed by atoms with van der Waals surface area (Å²) in [6.45, 7) is 2.15. The molecule has 0 aliphatic heterocycles. The molecule has 0 unspecified atom stereocenters. The third kappa shape index (κ3) is 4.09. The Kier molecular flexibility index (Phi) is 3.40. The van der Waals surface area contributed by atoms with E-state index < -0.39 is 0 Å². The molecule has 0 aromatic heterocycles. The minimum atomic E-state index is 0.237. The summed E-state index contributed by atoms with van der Waals surface area (Å²) in [6, 6.07) is 0.516. The van der Waals surface area contributed by atoms with E-state index in [1.54, 1.807) is 0 Å². The van der Waals surface area contributed by atoms with Crippen molar-refractivity contribution in [3.8, 4) is 0 Å². The SMILES string of the molecule is O=C(CCCNCC1CC1)NC1CC1. The minimum absolute atomic E-state index is 0.237. The number of amides is 1. The van der Waals surface area contributed by atoms with E-state index in [0.717, 1.165) is 25.4 Å². The van der Waals surface area contributed by atoms with Crippen LogP contribution in [0.1, 0.15) is 38.5 Å². The lowest BCUT2D eigenvalue weighted by Gasteiger charge is -2.04. The highest BCUT2D eigenvalue weighted by Gasteiger charge is 2.23. The van der Waals surface area contributed by atoms with Crippen LogP contribution in [-0.4, -0.2) is 25.0 Å². The molecule has 2 rings (SSSR count). The smallest absolute Gasteiger partial charge is 0.220 e. The van der Waals surface area contributed by atoms with Crippen LogP contribution in [0.4, 0.5) is 0 Å². The molecule has 2 fully saturated rings. The van der Waals surface area contributed by atoms with Gasteiger partial charge in [-0.2, -0.15) is 0 Å². The molecule has 0 bridgehead atoms. The molecule has 1 amide bonds. The Morgan fingerprint density at radius 2 is 2.00 bits per heavy atom. The molecule has 0 radical (unpaired) electrons. The Morgan fingerprint density at radius 3 is 2.64 bits per heavy atom. The van der Waals surface area contributed by atoms with Gasteiger partial charge in [-0.15, -0.1) is 0 Å². The van der Waals surface area contributed by atoms with Crippen LogP contribution in [-0.2, 0) is 4.79 Å². The second-order valence-corrected chi connectivity index (χ2v) is 4.59. The summed E-state index contributed by atoms with van der Waals surface area (Å²) in [5.41, 5.74) is 0. The number of rotatable bonds is 7. The van der Waals surface area contributed by atoms with E-state index in [9.17, 15) is 4.79 Å². The van der Waals surface area contributed by atoms with Crippen molar-refractivity contribution in [3.05, 3.63) is 0 Å². The molecule has 2 aliphatic rings.